The third-order valence-corrected chi connectivity index (χ3v) is 23.1. The second-order valence-electron chi connectivity index (χ2n) is 29.0. The Kier molecular flexibility index (Phi) is 24.8. The van der Waals surface area contributed by atoms with Gasteiger partial charge < -0.3 is 39.1 Å². The van der Waals surface area contributed by atoms with Crippen molar-refractivity contribution in [2.45, 2.75) is 40.0 Å². The van der Waals surface area contributed by atoms with Crippen molar-refractivity contribution in [3.05, 3.63) is 291 Å². The van der Waals surface area contributed by atoms with Gasteiger partial charge in [0, 0.05) is 162 Å². The molecule has 3 aliphatic rings. The minimum Gasteiger partial charge on any atom is -0.537 e. The number of aromatic amines is 3. The summed E-state index contributed by atoms with van der Waals surface area (Å²) in [5.41, 5.74) is 16.1. The second kappa shape index (κ2) is 36.3. The van der Waals surface area contributed by atoms with E-state index < -0.39 is 0 Å². The third-order valence-electron chi connectivity index (χ3n) is 21.7. The van der Waals surface area contributed by atoms with Crippen LogP contribution in [0.2, 0.25) is 20.1 Å². The lowest BCUT2D eigenvalue weighted by atomic mass is 9.94. The molecule has 9 aromatic carbocycles. The highest BCUT2D eigenvalue weighted by atomic mass is 35.5. The van der Waals surface area contributed by atoms with Gasteiger partial charge in [0.2, 0.25) is 17.7 Å². The van der Waals surface area contributed by atoms with Crippen LogP contribution in [-0.2, 0) is 33.6 Å². The predicted molar refractivity (Wildman–Crippen MR) is 472 cm³/mol. The Labute approximate surface area is 701 Å². The molecule has 0 spiro atoms. The zero-order valence-corrected chi connectivity index (χ0v) is 68.2. The molecule has 9 heterocycles. The molecule has 3 aliphatic heterocycles. The van der Waals surface area contributed by atoms with Gasteiger partial charge in [0.25, 0.3) is 0 Å². The van der Waals surface area contributed by atoms with Crippen molar-refractivity contribution < 1.29 is 24.1 Å². The average Bonchev–Trinajstić information content (AvgIpc) is 1.17. The molecule has 0 atom stereocenters. The molecule has 6 aromatic heterocycles. The van der Waals surface area contributed by atoms with E-state index in [0.29, 0.717) is 131 Å². The number of benzene rings is 9. The van der Waals surface area contributed by atoms with Crippen LogP contribution in [0.5, 0.6) is 5.75 Å². The minimum atomic E-state index is -0.0476. The quantitative estimate of drug-likeness (QED) is 0.0517. The number of amides is 3. The van der Waals surface area contributed by atoms with Crippen LogP contribution in [-0.4, -0.2) is 185 Å². The molecule has 28 heteroatoms. The number of nitrogens with one attached hydrogen (secondary N) is 3. The topological polar surface area (TPSA) is 263 Å². The summed E-state index contributed by atoms with van der Waals surface area (Å²) in [6.07, 6.45) is 11.4. The van der Waals surface area contributed by atoms with Gasteiger partial charge in [0.1, 0.15) is 5.75 Å². The number of hydrogen-bond donors (Lipinski definition) is 4. The Morgan fingerprint density at radius 2 is 0.695 bits per heavy atom. The van der Waals surface area contributed by atoms with E-state index in [0.717, 1.165) is 155 Å². The second-order valence-corrected chi connectivity index (χ2v) is 30.6. The molecule has 0 unspecified atom stereocenters. The predicted octanol–water partition coefficient (Wildman–Crippen LogP) is 16.3. The fourth-order valence-corrected chi connectivity index (χ4v) is 16.4. The number of rotatable bonds is 16. The number of nitrogens with zero attached hydrogens (tertiary/aromatic N) is 15. The van der Waals surface area contributed by atoms with Crippen molar-refractivity contribution in [2.24, 2.45) is 0 Å². The van der Waals surface area contributed by atoms with Crippen molar-refractivity contribution in [1.82, 2.24) is 75.9 Å². The largest absolute Gasteiger partial charge is 0.569 e. The maximum atomic E-state index is 12.1. The molecule has 0 bridgehead atoms. The van der Waals surface area contributed by atoms with Gasteiger partial charge in [-0.3, -0.25) is 29.7 Å². The number of aryl methyl sites for hydroxylation is 3. The highest BCUT2D eigenvalue weighted by molar-refractivity contribution is 6.43. The Hall–Kier alpha value is -12.6. The molecule has 118 heavy (non-hydrogen) atoms. The summed E-state index contributed by atoms with van der Waals surface area (Å²) in [4.78, 5) is 48.0. The minimum absolute atomic E-state index is 0.0449. The monoisotopic (exact) mass is 1650 g/mol. The first-order valence-electron chi connectivity index (χ1n) is 38.6. The van der Waals surface area contributed by atoms with Gasteiger partial charge >= 0.3 is 7.69 Å². The van der Waals surface area contributed by atoms with Gasteiger partial charge in [-0.15, -0.1) is 15.3 Å². The highest BCUT2D eigenvalue weighted by Gasteiger charge is 2.29. The maximum absolute atomic E-state index is 12.1. The van der Waals surface area contributed by atoms with Crippen LogP contribution < -0.4 is 19.4 Å². The maximum Gasteiger partial charge on any atom is 0.569 e. The summed E-state index contributed by atoms with van der Waals surface area (Å²) in [5, 5.41) is 68.9. The van der Waals surface area contributed by atoms with Gasteiger partial charge in [-0.2, -0.15) is 30.6 Å². The molecule has 0 aliphatic carbocycles. The first-order chi connectivity index (χ1) is 57.4. The lowest BCUT2D eigenvalue weighted by molar-refractivity contribution is -0.127. The van der Waals surface area contributed by atoms with E-state index in [1.165, 1.54) is 18.2 Å². The van der Waals surface area contributed by atoms with E-state index in [9.17, 15) is 14.4 Å². The van der Waals surface area contributed by atoms with Crippen molar-refractivity contribution in [3.63, 3.8) is 0 Å². The number of halogens is 4. The summed E-state index contributed by atoms with van der Waals surface area (Å²) in [7, 11) is 0.675. The van der Waals surface area contributed by atoms with E-state index in [4.69, 9.17) is 71.4 Å². The standard InChI is InChI=1S/2C30H27ClN6O.C22H20Cl2N4O.C8H8BN2O2/c1-3-28(38)36-11-13-37(14-12-36)30-22-16-23(29-19(2)9-10-26-24(29)18-32-33-26)25(31)17-21(22)27(34-35-30)15-20-7-5-4-6-8-20;1-3-28(38)36-11-13-37(14-12-36)30-22-17-25(31)23(29-19(2)9-10-26-24(29)18-32-33-26)16-21(22)27(34-35-30)15-20-7-5-4-6-8-20;1-2-21(29)27-8-10-28(11-9-27)22-17-14-19(24)18(23)13-16(17)20(25-26-22)12-15-6-4-3-5-7-15;1-5-2-3-7-6(4-10-11-7)8(5)13-9-12/h2*3-10,16-18H,1,11-15H2,2H3,(H,32,33);2-7,13-14H,1,8-12H2;2-4,12H,1H3,(H,10,11). The van der Waals surface area contributed by atoms with Crippen molar-refractivity contribution in [1.29, 1.82) is 0 Å². The number of carbonyl (C=O) groups is 3. The fourth-order valence-electron chi connectivity index (χ4n) is 15.5. The molecule has 3 fully saturated rings. The van der Waals surface area contributed by atoms with Crippen LogP contribution in [0.15, 0.2) is 220 Å². The zero-order chi connectivity index (χ0) is 82.1. The summed E-state index contributed by atoms with van der Waals surface area (Å²) >= 11 is 26.7. The Morgan fingerprint density at radius 1 is 0.390 bits per heavy atom. The van der Waals surface area contributed by atoms with E-state index in [-0.39, 0.29) is 17.7 Å². The van der Waals surface area contributed by atoms with Gasteiger partial charge in [0.15, 0.2) is 17.5 Å². The van der Waals surface area contributed by atoms with Crippen LogP contribution >= 0.6 is 46.4 Å². The van der Waals surface area contributed by atoms with Crippen molar-refractivity contribution in [3.8, 4) is 28.0 Å². The molecule has 0 saturated carbocycles. The van der Waals surface area contributed by atoms with Gasteiger partial charge in [-0.1, -0.05) is 175 Å². The smallest absolute Gasteiger partial charge is 0.537 e. The first kappa shape index (κ1) is 80.6. The van der Waals surface area contributed by atoms with Crippen LogP contribution in [0.3, 0.4) is 0 Å². The van der Waals surface area contributed by atoms with Crippen molar-refractivity contribution in [2.75, 3.05) is 93.2 Å². The molecule has 593 valence electrons. The SMILES string of the molecule is C=CC(=O)N1CCN(c2nnc(Cc3ccccc3)c3cc(-c4c(C)ccc5[nH]ncc45)c(Cl)cc23)CC1.C=CC(=O)N1CCN(c2nnc(Cc3ccccc3)c3cc(Cl)c(-c4c(C)ccc5[nH]ncc45)cc23)CC1.C=CC(=O)N1CCN(c2nnc(Cc3ccccc3)c3cc(Cl)c(Cl)cc23)CC1.Cc1ccc2[nH]ncc2c1O[B]O. The van der Waals surface area contributed by atoms with Crippen LogP contribution in [0.4, 0.5) is 17.5 Å². The third kappa shape index (κ3) is 17.3. The summed E-state index contributed by atoms with van der Waals surface area (Å²) in [6, 6.07) is 54.8. The molecule has 18 rings (SSSR count). The van der Waals surface area contributed by atoms with Gasteiger partial charge in [-0.05, 0) is 138 Å². The average molecular weight is 1650 g/mol. The number of carbonyl (C=O) groups excluding carboxylic acids is 3. The lowest BCUT2D eigenvalue weighted by Gasteiger charge is -2.35. The van der Waals surface area contributed by atoms with Gasteiger partial charge in [-0.25, -0.2) is 0 Å². The van der Waals surface area contributed by atoms with Crippen LogP contribution in [0.25, 0.3) is 87.3 Å². The van der Waals surface area contributed by atoms with E-state index in [1.807, 2.05) is 132 Å². The molecule has 1 radical (unpaired) electrons. The van der Waals surface area contributed by atoms with Gasteiger partial charge in [0.05, 0.1) is 67.7 Å². The molecular formula is C90H82BCl4N18O5. The summed E-state index contributed by atoms with van der Waals surface area (Å²) in [6.45, 7) is 24.5. The van der Waals surface area contributed by atoms with Crippen molar-refractivity contribution >= 4 is 154 Å². The summed E-state index contributed by atoms with van der Waals surface area (Å²) in [5.74, 6) is 2.85. The number of piperazine rings is 3. The Balaban J connectivity index is 0.000000129. The number of hydrogen-bond acceptors (Lipinski definition) is 17. The Morgan fingerprint density at radius 3 is 1.06 bits per heavy atom. The zero-order valence-electron chi connectivity index (χ0n) is 65.2. The van der Waals surface area contributed by atoms with Crippen LogP contribution in [0.1, 0.15) is 50.5 Å². The lowest BCUT2D eigenvalue weighted by Crippen LogP contribution is -2.48. The molecule has 15 aromatic rings. The first-order valence-corrected chi connectivity index (χ1v) is 40.1. The Bertz CT molecular complexity index is 6270. The van der Waals surface area contributed by atoms with Crippen LogP contribution in [0, 0.1) is 20.8 Å². The van der Waals surface area contributed by atoms with E-state index in [1.54, 1.807) is 11.1 Å². The highest BCUT2D eigenvalue weighted by Crippen LogP contribution is 2.44. The number of aromatic nitrogens is 12. The molecule has 3 saturated heterocycles. The molecule has 3 amide bonds. The number of anilines is 3. The number of H-pyrrole nitrogens is 3. The molecule has 4 N–H and O–H groups in total. The van der Waals surface area contributed by atoms with E-state index >= 15 is 0 Å². The molecule has 23 nitrogen and oxygen atoms in total. The van der Waals surface area contributed by atoms with E-state index in [2.05, 4.69) is 155 Å². The normalized spacial score (nSPS) is 13.6. The molecular weight excluding hydrogens is 1570 g/mol. The fraction of sp³-hybridized carbons (Fsp3) is 0.200. The summed E-state index contributed by atoms with van der Waals surface area (Å²) < 4.78 is 4.98. The number of fused-ring (bicyclic) bond motifs is 6.